The van der Waals surface area contributed by atoms with Crippen molar-refractivity contribution >= 4 is 23.2 Å². The van der Waals surface area contributed by atoms with E-state index in [2.05, 4.69) is 5.10 Å². The van der Waals surface area contributed by atoms with Gasteiger partial charge in [-0.15, -0.1) is 0 Å². The molecule has 1 amide bonds. The van der Waals surface area contributed by atoms with E-state index in [-0.39, 0.29) is 24.2 Å². The largest absolute Gasteiger partial charge is 0.332 e. The van der Waals surface area contributed by atoms with Crippen LogP contribution in [0.25, 0.3) is 0 Å². The van der Waals surface area contributed by atoms with Crippen LogP contribution in [0, 0.1) is 10.1 Å². The molecule has 0 saturated heterocycles. The van der Waals surface area contributed by atoms with E-state index in [4.69, 9.17) is 11.6 Å². The van der Waals surface area contributed by atoms with Crippen molar-refractivity contribution in [1.29, 1.82) is 0 Å². The number of nitrogens with zero attached hydrogens (tertiary/aromatic N) is 5. The SMILES string of the molecule is C[C@@H]1c2ccc(Cl)n2CCN1C(=O)Cn1cc([N+](=O)[O-])cn1. The molecule has 0 spiro atoms. The van der Waals surface area contributed by atoms with Crippen LogP contribution in [0.15, 0.2) is 24.5 Å². The topological polar surface area (TPSA) is 86.2 Å². The van der Waals surface area contributed by atoms with Crippen LogP contribution in [0.5, 0.6) is 0 Å². The van der Waals surface area contributed by atoms with Gasteiger partial charge in [-0.25, -0.2) is 0 Å². The highest BCUT2D eigenvalue weighted by molar-refractivity contribution is 6.29. The number of hydrogen-bond acceptors (Lipinski definition) is 4. The molecule has 0 fully saturated rings. The second-order valence-corrected chi connectivity index (χ2v) is 5.54. The second kappa shape index (κ2) is 5.45. The van der Waals surface area contributed by atoms with Crippen molar-refractivity contribution in [1.82, 2.24) is 19.2 Å². The van der Waals surface area contributed by atoms with Gasteiger partial charge in [0.15, 0.2) is 0 Å². The van der Waals surface area contributed by atoms with Crippen LogP contribution in [-0.4, -0.2) is 36.6 Å². The van der Waals surface area contributed by atoms with Gasteiger partial charge in [-0.3, -0.25) is 19.6 Å². The van der Waals surface area contributed by atoms with Crippen LogP contribution >= 0.6 is 11.6 Å². The molecule has 116 valence electrons. The Morgan fingerprint density at radius 3 is 2.95 bits per heavy atom. The molecule has 3 rings (SSSR count). The molecule has 1 atom stereocenters. The van der Waals surface area contributed by atoms with Crippen molar-refractivity contribution in [2.45, 2.75) is 26.1 Å². The van der Waals surface area contributed by atoms with Gasteiger partial charge in [-0.2, -0.15) is 5.10 Å². The summed E-state index contributed by atoms with van der Waals surface area (Å²) >= 11 is 6.09. The number of amides is 1. The van der Waals surface area contributed by atoms with E-state index in [0.717, 1.165) is 11.9 Å². The molecular formula is C13H14ClN5O3. The van der Waals surface area contributed by atoms with Gasteiger partial charge in [0.25, 0.3) is 0 Å². The number of rotatable bonds is 3. The first-order valence-electron chi connectivity index (χ1n) is 6.78. The Labute approximate surface area is 131 Å². The summed E-state index contributed by atoms with van der Waals surface area (Å²) in [6.07, 6.45) is 2.39. The Morgan fingerprint density at radius 2 is 2.27 bits per heavy atom. The molecule has 22 heavy (non-hydrogen) atoms. The maximum atomic E-state index is 12.4. The fraction of sp³-hybridized carbons (Fsp3) is 0.385. The third-order valence-corrected chi connectivity index (χ3v) is 4.20. The van der Waals surface area contributed by atoms with Gasteiger partial charge in [0.1, 0.15) is 24.1 Å². The zero-order valence-electron chi connectivity index (χ0n) is 11.8. The molecule has 8 nitrogen and oxygen atoms in total. The van der Waals surface area contributed by atoms with Gasteiger partial charge in [0.2, 0.25) is 5.91 Å². The number of nitro groups is 1. The number of carbonyl (C=O) groups excluding carboxylic acids is 1. The molecule has 1 aliphatic heterocycles. The smallest absolute Gasteiger partial charge is 0.307 e. The Bertz CT molecular complexity index is 738. The molecule has 2 aromatic rings. The van der Waals surface area contributed by atoms with Crippen LogP contribution in [0.4, 0.5) is 5.69 Å². The normalized spacial score (nSPS) is 17.4. The highest BCUT2D eigenvalue weighted by atomic mass is 35.5. The lowest BCUT2D eigenvalue weighted by Crippen LogP contribution is -2.42. The van der Waals surface area contributed by atoms with Gasteiger partial charge in [-0.1, -0.05) is 11.6 Å². The Balaban J connectivity index is 1.74. The lowest BCUT2D eigenvalue weighted by molar-refractivity contribution is -0.385. The van der Waals surface area contributed by atoms with Crippen LogP contribution in [0.2, 0.25) is 5.15 Å². The molecule has 2 aromatic heterocycles. The van der Waals surface area contributed by atoms with Crippen molar-refractivity contribution in [2.24, 2.45) is 0 Å². The summed E-state index contributed by atoms with van der Waals surface area (Å²) in [5, 5.41) is 15.1. The molecule has 9 heteroatoms. The monoisotopic (exact) mass is 323 g/mol. The minimum Gasteiger partial charge on any atom is -0.332 e. The van der Waals surface area contributed by atoms with Crippen LogP contribution in [0.3, 0.4) is 0 Å². The predicted octanol–water partition coefficient (Wildman–Crippen LogP) is 1.85. The summed E-state index contributed by atoms with van der Waals surface area (Å²) < 4.78 is 3.27. The van der Waals surface area contributed by atoms with Crippen molar-refractivity contribution in [2.75, 3.05) is 6.54 Å². The van der Waals surface area contributed by atoms with Gasteiger partial charge >= 0.3 is 5.69 Å². The van der Waals surface area contributed by atoms with Crippen LogP contribution in [0.1, 0.15) is 18.7 Å². The summed E-state index contributed by atoms with van der Waals surface area (Å²) in [7, 11) is 0. The zero-order valence-corrected chi connectivity index (χ0v) is 12.6. The molecule has 0 saturated carbocycles. The Hall–Kier alpha value is -2.35. The minimum atomic E-state index is -0.535. The van der Waals surface area contributed by atoms with E-state index in [1.807, 2.05) is 23.6 Å². The van der Waals surface area contributed by atoms with E-state index < -0.39 is 4.92 Å². The molecule has 0 bridgehead atoms. The summed E-state index contributed by atoms with van der Waals surface area (Å²) in [5.41, 5.74) is 0.858. The number of carbonyl (C=O) groups is 1. The summed E-state index contributed by atoms with van der Waals surface area (Å²) in [6.45, 7) is 3.10. The lowest BCUT2D eigenvalue weighted by Gasteiger charge is -2.35. The third kappa shape index (κ3) is 2.45. The van der Waals surface area contributed by atoms with Gasteiger partial charge in [0.05, 0.1) is 11.0 Å². The van der Waals surface area contributed by atoms with E-state index in [9.17, 15) is 14.9 Å². The van der Waals surface area contributed by atoms with Gasteiger partial charge in [0, 0.05) is 18.8 Å². The standard InChI is InChI=1S/C13H14ClN5O3/c1-9-11-2-3-12(14)18(11)5-4-17(9)13(20)8-16-7-10(6-15-16)19(21)22/h2-3,6-7,9H,4-5,8H2,1H3/t9-/m1/s1. The van der Waals surface area contributed by atoms with E-state index in [1.54, 1.807) is 4.90 Å². The quantitative estimate of drug-likeness (QED) is 0.637. The van der Waals surface area contributed by atoms with E-state index in [0.29, 0.717) is 18.2 Å². The molecule has 0 unspecified atom stereocenters. The Kier molecular flexibility index (Phi) is 3.61. The van der Waals surface area contributed by atoms with Crippen molar-refractivity contribution in [3.8, 4) is 0 Å². The maximum absolute atomic E-state index is 12.4. The summed E-state index contributed by atoms with van der Waals surface area (Å²) in [6, 6.07) is 3.63. The fourth-order valence-corrected chi connectivity index (χ4v) is 2.97. The number of halogens is 1. The van der Waals surface area contributed by atoms with Crippen LogP contribution in [-0.2, 0) is 17.9 Å². The summed E-state index contributed by atoms with van der Waals surface area (Å²) in [5.74, 6) is -0.130. The van der Waals surface area contributed by atoms with Crippen molar-refractivity contribution in [3.05, 3.63) is 45.5 Å². The zero-order chi connectivity index (χ0) is 15.9. The summed E-state index contributed by atoms with van der Waals surface area (Å²) in [4.78, 5) is 24.3. The number of fused-ring (bicyclic) bond motifs is 1. The van der Waals surface area contributed by atoms with Gasteiger partial charge in [-0.05, 0) is 19.1 Å². The van der Waals surface area contributed by atoms with E-state index in [1.165, 1.54) is 10.9 Å². The number of hydrogen-bond donors (Lipinski definition) is 0. The third-order valence-electron chi connectivity index (χ3n) is 3.87. The molecule has 0 N–H and O–H groups in total. The van der Waals surface area contributed by atoms with E-state index >= 15 is 0 Å². The average molecular weight is 324 g/mol. The molecular weight excluding hydrogens is 310 g/mol. The molecule has 1 aliphatic rings. The molecule has 0 aliphatic carbocycles. The first-order valence-corrected chi connectivity index (χ1v) is 7.16. The first-order chi connectivity index (χ1) is 10.5. The highest BCUT2D eigenvalue weighted by Gasteiger charge is 2.29. The minimum absolute atomic E-state index is 0.0212. The predicted molar refractivity (Wildman–Crippen MR) is 78.5 cm³/mol. The maximum Gasteiger partial charge on any atom is 0.307 e. The van der Waals surface area contributed by atoms with Crippen molar-refractivity contribution < 1.29 is 9.72 Å². The molecule has 0 aromatic carbocycles. The Morgan fingerprint density at radius 1 is 1.50 bits per heavy atom. The van der Waals surface area contributed by atoms with Crippen LogP contribution < -0.4 is 0 Å². The molecule has 3 heterocycles. The second-order valence-electron chi connectivity index (χ2n) is 5.15. The lowest BCUT2D eigenvalue weighted by atomic mass is 10.1. The van der Waals surface area contributed by atoms with Crippen molar-refractivity contribution in [3.63, 3.8) is 0 Å². The number of aromatic nitrogens is 3. The highest BCUT2D eigenvalue weighted by Crippen LogP contribution is 2.29. The molecule has 0 radical (unpaired) electrons. The van der Waals surface area contributed by atoms with Gasteiger partial charge < -0.3 is 9.47 Å². The first kappa shape index (κ1) is 14.6. The average Bonchev–Trinajstić information content (AvgIpc) is 3.07. The fourth-order valence-electron chi connectivity index (χ4n) is 2.72.